The molecule has 7 nitrogen and oxygen atoms in total. The summed E-state index contributed by atoms with van der Waals surface area (Å²) in [6.45, 7) is 1.74. The summed E-state index contributed by atoms with van der Waals surface area (Å²) in [5.74, 6) is -0.230. The third kappa shape index (κ3) is 4.20. The second-order valence-electron chi connectivity index (χ2n) is 5.08. The molecule has 9 heteroatoms. The van der Waals surface area contributed by atoms with Crippen molar-refractivity contribution >= 4 is 38.9 Å². The Bertz CT molecular complexity index is 984. The van der Waals surface area contributed by atoms with Gasteiger partial charge in [-0.3, -0.25) is 4.79 Å². The molecule has 25 heavy (non-hydrogen) atoms. The molecule has 0 aliphatic rings. The second kappa shape index (κ2) is 6.99. The maximum Gasteiger partial charge on any atom is 0.265 e. The summed E-state index contributed by atoms with van der Waals surface area (Å²) in [5.41, 5.74) is 1.16. The highest BCUT2D eigenvalue weighted by Gasteiger charge is 2.16. The van der Waals surface area contributed by atoms with Crippen LogP contribution in [0.15, 0.2) is 58.9 Å². The van der Waals surface area contributed by atoms with Crippen LogP contribution in [0.1, 0.15) is 15.4 Å². The first kappa shape index (κ1) is 17.1. The van der Waals surface area contributed by atoms with Crippen LogP contribution in [0.2, 0.25) is 0 Å². The van der Waals surface area contributed by atoms with Gasteiger partial charge in [0.1, 0.15) is 0 Å². The average Bonchev–Trinajstić information content (AvgIpc) is 3.09. The van der Waals surface area contributed by atoms with Crippen molar-refractivity contribution in [3.05, 3.63) is 64.6 Å². The molecule has 3 rings (SSSR count). The van der Waals surface area contributed by atoms with Crippen molar-refractivity contribution in [2.75, 3.05) is 10.0 Å². The third-order valence-electron chi connectivity index (χ3n) is 3.19. The number of aromatic nitrogens is 2. The fourth-order valence-corrected chi connectivity index (χ4v) is 3.56. The quantitative estimate of drug-likeness (QED) is 0.715. The lowest BCUT2D eigenvalue weighted by Gasteiger charge is -2.08. The topological polar surface area (TPSA) is 101 Å². The number of carbonyl (C=O) groups is 1. The van der Waals surface area contributed by atoms with E-state index in [2.05, 4.69) is 20.0 Å². The summed E-state index contributed by atoms with van der Waals surface area (Å²) in [6.07, 6.45) is 1.48. The minimum absolute atomic E-state index is 0.00933. The van der Waals surface area contributed by atoms with Gasteiger partial charge in [-0.2, -0.15) is 0 Å². The summed E-state index contributed by atoms with van der Waals surface area (Å²) >= 11 is 1.33. The number of nitrogens with one attached hydrogen (secondary N) is 2. The van der Waals surface area contributed by atoms with Gasteiger partial charge in [-0.25, -0.2) is 23.1 Å². The van der Waals surface area contributed by atoms with Crippen molar-refractivity contribution in [2.45, 2.75) is 11.8 Å². The number of thiophene rings is 1. The van der Waals surface area contributed by atoms with E-state index >= 15 is 0 Å². The van der Waals surface area contributed by atoms with Crippen LogP contribution in [-0.4, -0.2) is 24.3 Å². The van der Waals surface area contributed by atoms with Crippen LogP contribution in [-0.2, 0) is 10.0 Å². The fourth-order valence-electron chi connectivity index (χ4n) is 2.00. The molecule has 0 unspecified atom stereocenters. The Morgan fingerprint density at radius 2 is 1.88 bits per heavy atom. The lowest BCUT2D eigenvalue weighted by molar-refractivity contribution is 0.103. The van der Waals surface area contributed by atoms with E-state index in [-0.39, 0.29) is 16.8 Å². The summed E-state index contributed by atoms with van der Waals surface area (Å²) in [4.78, 5) is 20.5. The van der Waals surface area contributed by atoms with Gasteiger partial charge >= 0.3 is 0 Å². The van der Waals surface area contributed by atoms with Crippen LogP contribution >= 0.6 is 11.3 Å². The highest BCUT2D eigenvalue weighted by Crippen LogP contribution is 2.18. The van der Waals surface area contributed by atoms with Crippen LogP contribution in [0.5, 0.6) is 0 Å². The van der Waals surface area contributed by atoms with Crippen LogP contribution in [0, 0.1) is 6.92 Å². The zero-order valence-electron chi connectivity index (χ0n) is 13.1. The molecule has 0 fully saturated rings. The van der Waals surface area contributed by atoms with E-state index in [4.69, 9.17) is 0 Å². The molecule has 0 aliphatic carbocycles. The molecule has 1 aromatic carbocycles. The number of hydrogen-bond donors (Lipinski definition) is 2. The van der Waals surface area contributed by atoms with Gasteiger partial charge in [0.2, 0.25) is 5.95 Å². The van der Waals surface area contributed by atoms with Gasteiger partial charge in [0.05, 0.1) is 9.77 Å². The van der Waals surface area contributed by atoms with Gasteiger partial charge in [0.15, 0.2) is 0 Å². The smallest absolute Gasteiger partial charge is 0.265 e. The van der Waals surface area contributed by atoms with Crippen LogP contribution in [0.3, 0.4) is 0 Å². The molecule has 2 N–H and O–H groups in total. The standard InChI is InChI=1S/C16H14N4O3S2/c1-11-8-9-17-16(18-11)20-25(22,23)13-6-4-12(5-7-13)19-15(21)14-3-2-10-24-14/h2-10H,1H3,(H,19,21)(H,17,18,20). The first-order valence-electron chi connectivity index (χ1n) is 7.21. The average molecular weight is 374 g/mol. The number of benzene rings is 1. The molecule has 0 aliphatic heterocycles. The molecule has 1 amide bonds. The summed E-state index contributed by atoms with van der Waals surface area (Å²) in [5, 5.41) is 4.52. The van der Waals surface area contributed by atoms with Crippen molar-refractivity contribution in [3.63, 3.8) is 0 Å². The first-order valence-corrected chi connectivity index (χ1v) is 9.58. The number of amides is 1. The molecule has 2 aromatic heterocycles. The normalized spacial score (nSPS) is 11.1. The highest BCUT2D eigenvalue weighted by atomic mass is 32.2. The molecule has 3 aromatic rings. The van der Waals surface area contributed by atoms with Crippen molar-refractivity contribution < 1.29 is 13.2 Å². The van der Waals surface area contributed by atoms with E-state index in [1.54, 1.807) is 25.1 Å². The Hall–Kier alpha value is -2.78. The van der Waals surface area contributed by atoms with Gasteiger partial charge in [-0.1, -0.05) is 6.07 Å². The molecule has 0 atom stereocenters. The SMILES string of the molecule is Cc1ccnc(NS(=O)(=O)c2ccc(NC(=O)c3cccs3)cc2)n1. The summed E-state index contributed by atoms with van der Waals surface area (Å²) in [7, 11) is -3.80. The van der Waals surface area contributed by atoms with E-state index in [0.29, 0.717) is 16.3 Å². The van der Waals surface area contributed by atoms with Gasteiger partial charge in [-0.05, 0) is 48.7 Å². The molecule has 0 spiro atoms. The van der Waals surface area contributed by atoms with E-state index in [0.717, 1.165) is 0 Å². The first-order chi connectivity index (χ1) is 11.9. The maximum absolute atomic E-state index is 12.4. The predicted molar refractivity (Wildman–Crippen MR) is 96.3 cm³/mol. The number of hydrogen-bond acceptors (Lipinski definition) is 6. The van der Waals surface area contributed by atoms with Crippen molar-refractivity contribution in [2.24, 2.45) is 0 Å². The third-order valence-corrected chi connectivity index (χ3v) is 5.40. The second-order valence-corrected chi connectivity index (χ2v) is 7.71. The molecule has 0 bridgehead atoms. The fraction of sp³-hybridized carbons (Fsp3) is 0.0625. The number of aryl methyl sites for hydroxylation is 1. The van der Waals surface area contributed by atoms with E-state index < -0.39 is 10.0 Å². The lowest BCUT2D eigenvalue weighted by Crippen LogP contribution is -2.15. The molecule has 128 valence electrons. The van der Waals surface area contributed by atoms with E-state index in [1.807, 2.05) is 5.38 Å². The lowest BCUT2D eigenvalue weighted by atomic mass is 10.3. The summed E-state index contributed by atoms with van der Waals surface area (Å²) in [6, 6.07) is 11.0. The summed E-state index contributed by atoms with van der Waals surface area (Å²) < 4.78 is 27.0. The Morgan fingerprint density at radius 1 is 1.12 bits per heavy atom. The van der Waals surface area contributed by atoms with Gasteiger partial charge < -0.3 is 5.32 Å². The molecule has 0 saturated heterocycles. The number of carbonyl (C=O) groups excluding carboxylic acids is 1. The van der Waals surface area contributed by atoms with Gasteiger partial charge in [-0.15, -0.1) is 11.3 Å². The van der Waals surface area contributed by atoms with Crippen molar-refractivity contribution in [1.82, 2.24) is 9.97 Å². The zero-order valence-corrected chi connectivity index (χ0v) is 14.8. The van der Waals surface area contributed by atoms with E-state index in [9.17, 15) is 13.2 Å². The minimum Gasteiger partial charge on any atom is -0.321 e. The van der Waals surface area contributed by atoms with Crippen LogP contribution < -0.4 is 10.0 Å². The number of sulfonamides is 1. The molecular formula is C16H14N4O3S2. The molecule has 0 saturated carbocycles. The van der Waals surface area contributed by atoms with Crippen molar-refractivity contribution in [1.29, 1.82) is 0 Å². The predicted octanol–water partition coefficient (Wildman–Crippen LogP) is 2.90. The van der Waals surface area contributed by atoms with Crippen LogP contribution in [0.25, 0.3) is 0 Å². The number of anilines is 2. The monoisotopic (exact) mass is 374 g/mol. The Labute approximate surface area is 148 Å². The van der Waals surface area contributed by atoms with Gasteiger partial charge in [0.25, 0.3) is 15.9 Å². The highest BCUT2D eigenvalue weighted by molar-refractivity contribution is 7.92. The zero-order chi connectivity index (χ0) is 17.9. The Kier molecular flexibility index (Phi) is 4.77. The van der Waals surface area contributed by atoms with Crippen molar-refractivity contribution in [3.8, 4) is 0 Å². The van der Waals surface area contributed by atoms with E-state index in [1.165, 1.54) is 41.8 Å². The maximum atomic E-state index is 12.4. The Balaban J connectivity index is 1.73. The molecule has 2 heterocycles. The number of rotatable bonds is 5. The largest absolute Gasteiger partial charge is 0.321 e. The van der Waals surface area contributed by atoms with Crippen LogP contribution in [0.4, 0.5) is 11.6 Å². The molecular weight excluding hydrogens is 360 g/mol. The Morgan fingerprint density at radius 3 is 2.52 bits per heavy atom. The van der Waals surface area contributed by atoms with Gasteiger partial charge in [0, 0.05) is 17.6 Å². The molecule has 0 radical (unpaired) electrons. The minimum atomic E-state index is -3.80. The number of nitrogens with zero attached hydrogens (tertiary/aromatic N) is 2.